The van der Waals surface area contributed by atoms with Crippen molar-refractivity contribution in [3.05, 3.63) is 94.1 Å². The van der Waals surface area contributed by atoms with Crippen molar-refractivity contribution in [1.29, 1.82) is 0 Å². The molecule has 10 heteroatoms. The number of rotatable bonds is 7. The summed E-state index contributed by atoms with van der Waals surface area (Å²) in [6.45, 7) is 4.53. The van der Waals surface area contributed by atoms with Crippen molar-refractivity contribution in [1.82, 2.24) is 25.1 Å². The molecule has 1 N–H and O–H groups in total. The van der Waals surface area contributed by atoms with Crippen molar-refractivity contribution in [3.63, 3.8) is 0 Å². The van der Waals surface area contributed by atoms with Gasteiger partial charge in [-0.25, -0.2) is 9.97 Å². The van der Waals surface area contributed by atoms with Crippen molar-refractivity contribution < 1.29 is 18.0 Å². The van der Waals surface area contributed by atoms with Gasteiger partial charge >= 0.3 is 6.18 Å². The molecule has 0 unspecified atom stereocenters. The van der Waals surface area contributed by atoms with Crippen LogP contribution in [0.25, 0.3) is 22.3 Å². The van der Waals surface area contributed by atoms with Crippen molar-refractivity contribution in [3.8, 4) is 11.3 Å². The van der Waals surface area contributed by atoms with E-state index < -0.39 is 11.7 Å². The maximum absolute atomic E-state index is 14.0. The van der Waals surface area contributed by atoms with Crippen molar-refractivity contribution >= 4 is 28.5 Å². The maximum Gasteiger partial charge on any atom is 0.416 e. The smallest absolute Gasteiger partial charge is 0.348 e. The topological polar surface area (TPSA) is 61.4 Å². The first-order chi connectivity index (χ1) is 21.3. The van der Waals surface area contributed by atoms with Crippen LogP contribution >= 0.6 is 11.6 Å². The number of carbonyl (C=O) groups is 1. The molecule has 2 saturated heterocycles. The number of nitrogens with zero attached hydrogens (tertiary/aromatic N) is 4. The molecule has 0 radical (unpaired) electrons. The highest BCUT2D eigenvalue weighted by Crippen LogP contribution is 2.36. The molecule has 2 aromatic carbocycles. The number of nitrogens with one attached hydrogen (secondary N) is 1. The van der Waals surface area contributed by atoms with E-state index in [9.17, 15) is 18.0 Å². The minimum atomic E-state index is -4.52. The molecule has 0 saturated carbocycles. The fourth-order valence-corrected chi connectivity index (χ4v) is 6.60. The summed E-state index contributed by atoms with van der Waals surface area (Å²) in [7, 11) is 0. The van der Waals surface area contributed by atoms with E-state index in [1.807, 2.05) is 30.3 Å². The number of carbonyl (C=O) groups excluding carboxylic acids is 1. The van der Waals surface area contributed by atoms with Gasteiger partial charge in [0, 0.05) is 30.3 Å². The highest BCUT2D eigenvalue weighted by atomic mass is 35.5. The number of hydrogen-bond donors (Lipinski definition) is 1. The summed E-state index contributed by atoms with van der Waals surface area (Å²) >= 11 is 6.32. The Labute approximate surface area is 260 Å². The lowest BCUT2D eigenvalue weighted by molar-refractivity contribution is -0.137. The lowest BCUT2D eigenvalue weighted by Crippen LogP contribution is -2.46. The Bertz CT molecular complexity index is 1620. The minimum absolute atomic E-state index is 0.205. The molecule has 0 spiro atoms. The van der Waals surface area contributed by atoms with Crippen LogP contribution in [0.15, 0.2) is 66.7 Å². The van der Waals surface area contributed by atoms with Gasteiger partial charge in [-0.1, -0.05) is 60.5 Å². The molecule has 2 fully saturated rings. The summed E-state index contributed by atoms with van der Waals surface area (Å²) in [5.74, 6) is -0.373. The number of alkyl halides is 3. The first-order valence-electron chi connectivity index (χ1n) is 15.2. The zero-order valence-electron chi connectivity index (χ0n) is 24.4. The normalized spacial score (nSPS) is 17.2. The number of piperidine rings is 2. The van der Waals surface area contributed by atoms with Crippen LogP contribution < -0.4 is 5.32 Å². The van der Waals surface area contributed by atoms with E-state index in [2.05, 4.69) is 20.1 Å². The van der Waals surface area contributed by atoms with Crippen molar-refractivity contribution in [2.45, 2.75) is 57.4 Å². The van der Waals surface area contributed by atoms with Gasteiger partial charge in [-0.2, -0.15) is 13.2 Å². The molecule has 0 bridgehead atoms. The summed E-state index contributed by atoms with van der Waals surface area (Å²) in [5.41, 5.74) is 2.35. The van der Waals surface area contributed by atoms with Crippen LogP contribution in [0.1, 0.15) is 59.2 Å². The number of pyridine rings is 2. The molecule has 2 aromatic heterocycles. The third kappa shape index (κ3) is 6.90. The van der Waals surface area contributed by atoms with Crippen LogP contribution in [0.4, 0.5) is 13.2 Å². The fourth-order valence-electron chi connectivity index (χ4n) is 6.45. The molecular formula is C34H35ClF3N5O. The molecule has 44 heavy (non-hydrogen) atoms. The summed E-state index contributed by atoms with van der Waals surface area (Å²) in [5, 5.41) is 3.22. The van der Waals surface area contributed by atoms with Gasteiger partial charge in [0.05, 0.1) is 22.3 Å². The van der Waals surface area contributed by atoms with Crippen molar-refractivity contribution in [2.24, 2.45) is 0 Å². The number of fused-ring (bicyclic) bond motifs is 1. The summed E-state index contributed by atoms with van der Waals surface area (Å²) in [4.78, 5) is 28.3. The second kappa shape index (κ2) is 13.2. The molecule has 0 aliphatic carbocycles. The summed E-state index contributed by atoms with van der Waals surface area (Å²) < 4.78 is 41.4. The van der Waals surface area contributed by atoms with Gasteiger partial charge in [0.15, 0.2) is 0 Å². The monoisotopic (exact) mass is 621 g/mol. The first-order valence-corrected chi connectivity index (χ1v) is 15.6. The fraction of sp³-hybridized carbons (Fsp3) is 0.382. The average Bonchev–Trinajstić information content (AvgIpc) is 3.04. The molecule has 6 nitrogen and oxygen atoms in total. The molecule has 0 atom stereocenters. The van der Waals surface area contributed by atoms with E-state index in [-0.39, 0.29) is 17.6 Å². The minimum Gasteiger partial charge on any atom is -0.348 e. The highest BCUT2D eigenvalue weighted by Gasteiger charge is 2.32. The molecule has 1 amide bonds. The Balaban J connectivity index is 1.41. The molecular weight excluding hydrogens is 587 g/mol. The molecule has 230 valence electrons. The van der Waals surface area contributed by atoms with E-state index >= 15 is 0 Å². The van der Waals surface area contributed by atoms with Crippen LogP contribution in [0.2, 0.25) is 5.15 Å². The zero-order valence-corrected chi connectivity index (χ0v) is 25.2. The van der Waals surface area contributed by atoms with Crippen LogP contribution in [0, 0.1) is 0 Å². The van der Waals surface area contributed by atoms with E-state index in [0.29, 0.717) is 46.0 Å². The Morgan fingerprint density at radius 3 is 2.39 bits per heavy atom. The standard InChI is InChI=1S/C34H35ClF3N5O/c35-29-13-12-28-32(41-29)30(33(44)39-21-23-8-3-1-4-9-23)27(31(40-28)24-10-7-11-25(20-24)34(36,37)38)22-42-18-14-26(15-19-42)43-16-5-2-6-17-43/h1,3-4,7-13,20,26H,2,5-6,14-19,21-22H2,(H,39,44). The van der Waals surface area contributed by atoms with Gasteiger partial charge in [-0.05, 0) is 81.7 Å². The molecule has 2 aliphatic heterocycles. The van der Waals surface area contributed by atoms with Gasteiger partial charge in [-0.3, -0.25) is 9.69 Å². The Morgan fingerprint density at radius 2 is 1.66 bits per heavy atom. The van der Waals surface area contributed by atoms with Gasteiger partial charge in [-0.15, -0.1) is 0 Å². The van der Waals surface area contributed by atoms with Gasteiger partial charge in [0.25, 0.3) is 5.91 Å². The van der Waals surface area contributed by atoms with Crippen LogP contribution in [-0.4, -0.2) is 57.9 Å². The lowest BCUT2D eigenvalue weighted by atomic mass is 9.95. The third-order valence-electron chi connectivity index (χ3n) is 8.73. The predicted molar refractivity (Wildman–Crippen MR) is 166 cm³/mol. The Morgan fingerprint density at radius 1 is 0.909 bits per heavy atom. The Hall–Kier alpha value is -3.53. The molecule has 6 rings (SSSR count). The maximum atomic E-state index is 14.0. The van der Waals surface area contributed by atoms with Crippen LogP contribution in [0.3, 0.4) is 0 Å². The second-order valence-electron chi connectivity index (χ2n) is 11.7. The average molecular weight is 622 g/mol. The second-order valence-corrected chi connectivity index (χ2v) is 12.1. The predicted octanol–water partition coefficient (Wildman–Crippen LogP) is 7.35. The van der Waals surface area contributed by atoms with Crippen molar-refractivity contribution in [2.75, 3.05) is 26.2 Å². The van der Waals surface area contributed by atoms with Crippen LogP contribution in [-0.2, 0) is 19.3 Å². The van der Waals surface area contributed by atoms with Gasteiger partial charge in [0.2, 0.25) is 0 Å². The number of aromatic nitrogens is 2. The first kappa shape index (κ1) is 30.5. The largest absolute Gasteiger partial charge is 0.416 e. The number of benzene rings is 2. The van der Waals surface area contributed by atoms with E-state index in [0.717, 1.165) is 56.7 Å². The summed E-state index contributed by atoms with van der Waals surface area (Å²) in [6, 6.07) is 18.4. The Kier molecular flexibility index (Phi) is 9.16. The quantitative estimate of drug-likeness (QED) is 0.219. The molecule has 2 aliphatic rings. The van der Waals surface area contributed by atoms with Gasteiger partial charge < -0.3 is 10.2 Å². The summed E-state index contributed by atoms with van der Waals surface area (Å²) in [6.07, 6.45) is 1.24. The molecule has 4 heterocycles. The van der Waals surface area contributed by atoms with E-state index in [4.69, 9.17) is 16.6 Å². The molecule has 4 aromatic rings. The highest BCUT2D eigenvalue weighted by molar-refractivity contribution is 6.30. The van der Waals surface area contributed by atoms with Crippen LogP contribution in [0.5, 0.6) is 0 Å². The number of likely N-dealkylation sites (tertiary alicyclic amines) is 2. The lowest BCUT2D eigenvalue weighted by Gasteiger charge is -2.40. The van der Waals surface area contributed by atoms with E-state index in [1.54, 1.807) is 18.2 Å². The number of amides is 1. The third-order valence-corrected chi connectivity index (χ3v) is 8.94. The SMILES string of the molecule is O=C(NCc1ccccc1)c1c(CN2CCC(N3CCCCC3)CC2)c(-c2cccc(C(F)(F)F)c2)nc2ccc(Cl)nc12. The van der Waals surface area contributed by atoms with Gasteiger partial charge in [0.1, 0.15) is 10.7 Å². The number of halogens is 4. The van der Waals surface area contributed by atoms with E-state index in [1.165, 1.54) is 25.3 Å². The zero-order chi connectivity index (χ0) is 30.7. The number of hydrogen-bond acceptors (Lipinski definition) is 5.